The van der Waals surface area contributed by atoms with Gasteiger partial charge in [-0.2, -0.15) is 0 Å². The number of allylic oxidation sites excluding steroid dienone is 10. The van der Waals surface area contributed by atoms with E-state index in [2.05, 4.69) is 81.5 Å². The van der Waals surface area contributed by atoms with E-state index in [1.54, 1.807) is 0 Å². The molecule has 0 rings (SSSR count). The molecule has 1 atom stereocenters. The van der Waals surface area contributed by atoms with Gasteiger partial charge in [-0.05, 0) is 70.6 Å². The Morgan fingerprint density at radius 3 is 0.814 bits per heavy atom. The molecule has 0 N–H and O–H groups in total. The van der Waals surface area contributed by atoms with E-state index in [9.17, 15) is 14.4 Å². The summed E-state index contributed by atoms with van der Waals surface area (Å²) >= 11 is 0. The van der Waals surface area contributed by atoms with Crippen molar-refractivity contribution >= 4 is 17.9 Å². The second-order valence-electron chi connectivity index (χ2n) is 20.4. The average Bonchev–Trinajstić information content (AvgIpc) is 3.36. The topological polar surface area (TPSA) is 78.9 Å². The van der Waals surface area contributed by atoms with Crippen LogP contribution in [0.15, 0.2) is 60.8 Å². The van der Waals surface area contributed by atoms with Crippen molar-refractivity contribution in [1.29, 1.82) is 0 Å². The van der Waals surface area contributed by atoms with Gasteiger partial charge in [0.2, 0.25) is 0 Å². The van der Waals surface area contributed by atoms with E-state index in [1.165, 1.54) is 180 Å². The Hall–Kier alpha value is -2.89. The number of carbonyl (C=O) groups is 3. The van der Waals surface area contributed by atoms with Crippen LogP contribution in [0, 0.1) is 0 Å². The van der Waals surface area contributed by atoms with Gasteiger partial charge in [0.1, 0.15) is 13.2 Å². The van der Waals surface area contributed by atoms with Crippen LogP contribution in [0.5, 0.6) is 0 Å². The molecule has 406 valence electrons. The predicted octanol–water partition coefficient (Wildman–Crippen LogP) is 20.4. The number of rotatable bonds is 55. The van der Waals surface area contributed by atoms with E-state index >= 15 is 0 Å². The van der Waals surface area contributed by atoms with Crippen molar-refractivity contribution in [1.82, 2.24) is 0 Å². The Morgan fingerprint density at radius 2 is 0.514 bits per heavy atom. The zero-order chi connectivity index (χ0) is 50.7. The summed E-state index contributed by atoms with van der Waals surface area (Å²) in [5.74, 6) is -0.919. The zero-order valence-corrected chi connectivity index (χ0v) is 46.5. The highest BCUT2D eigenvalue weighted by molar-refractivity contribution is 5.71. The SMILES string of the molecule is CCCCCCC\C=C/C=C\C=C/CCCCCCCC(=O)OCC(COC(=O)CCCCC/C=C\C=C/CCCCCCCCC)OC(=O)CCCCCCCCCCCCCCCCCCCC. The molecule has 0 spiro atoms. The minimum atomic E-state index is -0.792. The Bertz CT molecular complexity index is 1260. The third kappa shape index (κ3) is 56.0. The van der Waals surface area contributed by atoms with Gasteiger partial charge in [0.05, 0.1) is 0 Å². The Labute approximate surface area is 434 Å². The Morgan fingerprint density at radius 1 is 0.286 bits per heavy atom. The van der Waals surface area contributed by atoms with E-state index in [1.807, 2.05) is 0 Å². The first kappa shape index (κ1) is 67.1. The first-order valence-electron chi connectivity index (χ1n) is 30.3. The first-order valence-corrected chi connectivity index (χ1v) is 30.3. The fourth-order valence-corrected chi connectivity index (χ4v) is 8.73. The van der Waals surface area contributed by atoms with E-state index in [0.717, 1.165) is 89.9 Å². The lowest BCUT2D eigenvalue weighted by molar-refractivity contribution is -0.167. The standard InChI is InChI=1S/C64H114O6/c1-4-7-10-13-16-19-22-25-28-31-33-36-39-42-45-48-51-54-57-63(66)69-60-61(59-68-62(65)56-53-50-47-44-41-38-35-30-27-24-21-18-15-12-9-6-3)70-64(67)58-55-52-49-46-43-40-37-34-32-29-26-23-20-17-14-11-8-5-2/h22,25,28,30-31,33,35-36,38,41,61H,4-21,23-24,26-27,29,32,34,37,39-40,42-60H2,1-3H3/b25-22-,31-28-,35-30-,36-33-,41-38-. The number of hydrogen-bond donors (Lipinski definition) is 0. The highest BCUT2D eigenvalue weighted by Crippen LogP contribution is 2.16. The molecule has 0 fully saturated rings. The van der Waals surface area contributed by atoms with E-state index in [0.29, 0.717) is 19.3 Å². The molecule has 0 aromatic carbocycles. The summed E-state index contributed by atoms with van der Waals surface area (Å²) in [7, 11) is 0. The molecule has 0 aliphatic heterocycles. The minimum Gasteiger partial charge on any atom is -0.462 e. The maximum Gasteiger partial charge on any atom is 0.306 e. The van der Waals surface area contributed by atoms with E-state index in [-0.39, 0.29) is 31.1 Å². The zero-order valence-electron chi connectivity index (χ0n) is 46.5. The lowest BCUT2D eigenvalue weighted by Gasteiger charge is -2.18. The van der Waals surface area contributed by atoms with Crippen molar-refractivity contribution in [2.24, 2.45) is 0 Å². The van der Waals surface area contributed by atoms with Gasteiger partial charge < -0.3 is 14.2 Å². The molecule has 1 unspecified atom stereocenters. The molecule has 0 saturated carbocycles. The van der Waals surface area contributed by atoms with Crippen molar-refractivity contribution < 1.29 is 28.6 Å². The summed E-state index contributed by atoms with van der Waals surface area (Å²) in [6.45, 7) is 6.62. The predicted molar refractivity (Wildman–Crippen MR) is 302 cm³/mol. The van der Waals surface area contributed by atoms with Crippen LogP contribution in [0.1, 0.15) is 310 Å². The number of ether oxygens (including phenoxy) is 3. The van der Waals surface area contributed by atoms with Gasteiger partial charge in [0, 0.05) is 19.3 Å². The molecule has 6 heteroatoms. The molecule has 0 heterocycles. The molecule has 6 nitrogen and oxygen atoms in total. The highest BCUT2D eigenvalue weighted by Gasteiger charge is 2.19. The molecule has 0 aliphatic rings. The van der Waals surface area contributed by atoms with Crippen LogP contribution in [-0.4, -0.2) is 37.2 Å². The van der Waals surface area contributed by atoms with Crippen LogP contribution in [0.3, 0.4) is 0 Å². The second-order valence-corrected chi connectivity index (χ2v) is 20.4. The average molecular weight is 980 g/mol. The van der Waals surface area contributed by atoms with Crippen LogP contribution in [0.25, 0.3) is 0 Å². The van der Waals surface area contributed by atoms with E-state index < -0.39 is 6.10 Å². The molecular weight excluding hydrogens is 865 g/mol. The van der Waals surface area contributed by atoms with Crippen molar-refractivity contribution in [3.05, 3.63) is 60.8 Å². The molecule has 0 aromatic rings. The molecular formula is C64H114O6. The number of carbonyl (C=O) groups excluding carboxylic acids is 3. The maximum absolute atomic E-state index is 12.9. The van der Waals surface area contributed by atoms with Gasteiger partial charge in [-0.3, -0.25) is 14.4 Å². The van der Waals surface area contributed by atoms with Crippen molar-refractivity contribution in [3.63, 3.8) is 0 Å². The van der Waals surface area contributed by atoms with Crippen LogP contribution in [0.2, 0.25) is 0 Å². The van der Waals surface area contributed by atoms with Gasteiger partial charge in [0.25, 0.3) is 0 Å². The summed E-state index contributed by atoms with van der Waals surface area (Å²) in [6, 6.07) is 0. The van der Waals surface area contributed by atoms with Crippen molar-refractivity contribution in [3.8, 4) is 0 Å². The highest BCUT2D eigenvalue weighted by atomic mass is 16.6. The Balaban J connectivity index is 4.43. The summed E-state index contributed by atoms with van der Waals surface area (Å²) in [5, 5.41) is 0. The minimum absolute atomic E-state index is 0.0908. The van der Waals surface area contributed by atoms with Gasteiger partial charge in [-0.15, -0.1) is 0 Å². The van der Waals surface area contributed by atoms with Gasteiger partial charge in [-0.25, -0.2) is 0 Å². The molecule has 0 aliphatic carbocycles. The van der Waals surface area contributed by atoms with E-state index in [4.69, 9.17) is 14.2 Å². The van der Waals surface area contributed by atoms with Crippen molar-refractivity contribution in [2.45, 2.75) is 316 Å². The molecule has 0 radical (unpaired) electrons. The molecule has 70 heavy (non-hydrogen) atoms. The Kier molecular flexibility index (Phi) is 56.3. The monoisotopic (exact) mass is 979 g/mol. The second kappa shape index (κ2) is 58.7. The molecule has 0 bridgehead atoms. The summed E-state index contributed by atoms with van der Waals surface area (Å²) in [4.78, 5) is 38.2. The van der Waals surface area contributed by atoms with Crippen LogP contribution in [-0.2, 0) is 28.6 Å². The normalized spacial score (nSPS) is 12.4. The van der Waals surface area contributed by atoms with Crippen LogP contribution < -0.4 is 0 Å². The van der Waals surface area contributed by atoms with Crippen LogP contribution in [0.4, 0.5) is 0 Å². The van der Waals surface area contributed by atoms with Crippen LogP contribution >= 0.6 is 0 Å². The molecule has 0 aromatic heterocycles. The third-order valence-corrected chi connectivity index (χ3v) is 13.3. The fourth-order valence-electron chi connectivity index (χ4n) is 8.73. The van der Waals surface area contributed by atoms with Gasteiger partial charge in [-0.1, -0.05) is 281 Å². The van der Waals surface area contributed by atoms with Gasteiger partial charge in [0.15, 0.2) is 6.10 Å². The summed E-state index contributed by atoms with van der Waals surface area (Å²) < 4.78 is 16.9. The van der Waals surface area contributed by atoms with Gasteiger partial charge >= 0.3 is 17.9 Å². The lowest BCUT2D eigenvalue weighted by Crippen LogP contribution is -2.30. The quantitative estimate of drug-likeness (QED) is 0.0261. The third-order valence-electron chi connectivity index (χ3n) is 13.3. The molecule has 0 amide bonds. The maximum atomic E-state index is 12.9. The number of esters is 3. The summed E-state index contributed by atoms with van der Waals surface area (Å²) in [6.07, 6.45) is 73.5. The number of unbranched alkanes of at least 4 members (excludes halogenated alkanes) is 37. The molecule has 0 saturated heterocycles. The van der Waals surface area contributed by atoms with Crippen molar-refractivity contribution in [2.75, 3.05) is 13.2 Å². The lowest BCUT2D eigenvalue weighted by atomic mass is 10.0. The first-order chi connectivity index (χ1) is 34.5. The number of hydrogen-bond acceptors (Lipinski definition) is 6. The summed E-state index contributed by atoms with van der Waals surface area (Å²) in [5.41, 5.74) is 0. The largest absolute Gasteiger partial charge is 0.462 e. The smallest absolute Gasteiger partial charge is 0.306 e. The fraction of sp³-hybridized carbons (Fsp3) is 0.797.